The minimum absolute atomic E-state index is 0.335. The van der Waals surface area contributed by atoms with Crippen LogP contribution in [0.4, 0.5) is 11.6 Å². The van der Waals surface area contributed by atoms with E-state index in [1.807, 2.05) is 13.0 Å². The van der Waals surface area contributed by atoms with Crippen molar-refractivity contribution in [1.82, 2.24) is 29.3 Å². The molecule has 38 heavy (non-hydrogen) atoms. The number of nitrogens with zero attached hydrogens (tertiary/aromatic N) is 6. The number of aromatic nitrogens is 4. The molecule has 0 saturated carbocycles. The number of likely N-dealkylation sites (N-methyl/N-ethyl adjacent to an activating group) is 1. The molecule has 200 valence electrons. The molecule has 0 unspecified atom stereocenters. The zero-order valence-electron chi connectivity index (χ0n) is 23.2. The van der Waals surface area contributed by atoms with E-state index in [2.05, 4.69) is 88.8 Å². The van der Waals surface area contributed by atoms with Crippen LogP contribution < -0.4 is 10.1 Å². The fourth-order valence-electron chi connectivity index (χ4n) is 5.29. The molecule has 8 heteroatoms. The fourth-order valence-corrected chi connectivity index (χ4v) is 5.29. The summed E-state index contributed by atoms with van der Waals surface area (Å²) in [5, 5.41) is 3.39. The molecule has 2 aromatic carbocycles. The predicted octanol–water partition coefficient (Wildman–Crippen LogP) is 5.66. The number of anilines is 2. The molecule has 0 bridgehead atoms. The third-order valence-electron chi connectivity index (χ3n) is 7.26. The molecule has 0 radical (unpaired) electrons. The lowest BCUT2D eigenvalue weighted by Crippen LogP contribution is -2.45. The van der Waals surface area contributed by atoms with E-state index in [1.165, 1.54) is 5.56 Å². The first kappa shape index (κ1) is 26.1. The molecule has 0 spiro atoms. The Balaban J connectivity index is 1.35. The van der Waals surface area contributed by atoms with Gasteiger partial charge in [0.05, 0.1) is 23.3 Å². The maximum atomic E-state index is 6.04. The molecular weight excluding hydrogens is 474 g/mol. The summed E-state index contributed by atoms with van der Waals surface area (Å²) in [6.07, 6.45) is 1.80. The quantitative estimate of drug-likeness (QED) is 0.309. The fraction of sp³-hybridized carbons (Fsp3) is 0.433. The Morgan fingerprint density at radius 3 is 2.47 bits per heavy atom. The first-order chi connectivity index (χ1) is 18.4. The van der Waals surface area contributed by atoms with Crippen LogP contribution in [0.2, 0.25) is 0 Å². The number of ether oxygens (including phenoxy) is 1. The summed E-state index contributed by atoms with van der Waals surface area (Å²) in [5.41, 5.74) is 6.15. The summed E-state index contributed by atoms with van der Waals surface area (Å²) >= 11 is 0. The van der Waals surface area contributed by atoms with Gasteiger partial charge in [-0.3, -0.25) is 4.90 Å². The van der Waals surface area contributed by atoms with Crippen LogP contribution in [0.3, 0.4) is 0 Å². The molecular formula is C30H39N7O. The Kier molecular flexibility index (Phi) is 7.90. The second-order valence-corrected chi connectivity index (χ2v) is 10.2. The molecule has 0 aliphatic carbocycles. The normalized spacial score (nSPS) is 14.9. The van der Waals surface area contributed by atoms with Gasteiger partial charge in [-0.15, -0.1) is 0 Å². The van der Waals surface area contributed by atoms with Gasteiger partial charge >= 0.3 is 0 Å². The Labute approximate surface area is 225 Å². The molecule has 8 nitrogen and oxygen atoms in total. The van der Waals surface area contributed by atoms with Crippen molar-refractivity contribution in [1.29, 1.82) is 0 Å². The van der Waals surface area contributed by atoms with Gasteiger partial charge in [0.2, 0.25) is 5.95 Å². The number of imidazole rings is 1. The minimum atomic E-state index is 0.335. The molecule has 1 N–H and O–H groups in total. The summed E-state index contributed by atoms with van der Waals surface area (Å²) in [6, 6.07) is 14.9. The van der Waals surface area contributed by atoms with Crippen LogP contribution >= 0.6 is 0 Å². The van der Waals surface area contributed by atoms with Gasteiger partial charge in [0.15, 0.2) is 0 Å². The molecule has 4 aromatic rings. The predicted molar refractivity (Wildman–Crippen MR) is 154 cm³/mol. The van der Waals surface area contributed by atoms with Crippen LogP contribution in [0.15, 0.2) is 48.7 Å². The van der Waals surface area contributed by atoms with Crippen molar-refractivity contribution in [3.63, 3.8) is 0 Å². The van der Waals surface area contributed by atoms with Crippen molar-refractivity contribution in [3.05, 3.63) is 60.0 Å². The van der Waals surface area contributed by atoms with E-state index in [1.54, 1.807) is 6.20 Å². The van der Waals surface area contributed by atoms with Gasteiger partial charge in [-0.2, -0.15) is 0 Å². The second kappa shape index (κ2) is 11.5. The topological polar surface area (TPSA) is 71.3 Å². The van der Waals surface area contributed by atoms with E-state index < -0.39 is 0 Å². The standard InChI is InChI=1S/C30H39N7O/c1-6-35-14-16-36(17-15-35)20-24-8-10-25(19-29(24)38-7-2)33-30-31-13-12-26(34-30)23-9-11-27-28(18-23)37(21(3)4)22(5)32-27/h8-13,18-19,21H,6-7,14-17,20H2,1-5H3,(H,31,33,34). The molecule has 1 aliphatic heterocycles. The molecule has 1 saturated heterocycles. The number of hydrogen-bond acceptors (Lipinski definition) is 7. The molecule has 5 rings (SSSR count). The van der Waals surface area contributed by atoms with Crippen molar-refractivity contribution in [2.45, 2.75) is 47.2 Å². The lowest BCUT2D eigenvalue weighted by atomic mass is 10.1. The van der Waals surface area contributed by atoms with E-state index in [0.29, 0.717) is 18.6 Å². The van der Waals surface area contributed by atoms with Crippen molar-refractivity contribution in [3.8, 4) is 17.0 Å². The number of aryl methyl sites for hydroxylation is 1. The zero-order chi connectivity index (χ0) is 26.6. The van der Waals surface area contributed by atoms with Crippen molar-refractivity contribution in [2.75, 3.05) is 44.6 Å². The summed E-state index contributed by atoms with van der Waals surface area (Å²) < 4.78 is 8.30. The maximum absolute atomic E-state index is 6.04. The van der Waals surface area contributed by atoms with Crippen LogP contribution in [0.1, 0.15) is 45.1 Å². The maximum Gasteiger partial charge on any atom is 0.227 e. The number of hydrogen-bond donors (Lipinski definition) is 1. The molecule has 2 aromatic heterocycles. The van der Waals surface area contributed by atoms with E-state index in [9.17, 15) is 0 Å². The number of benzene rings is 2. The van der Waals surface area contributed by atoms with E-state index in [4.69, 9.17) is 14.7 Å². The summed E-state index contributed by atoms with van der Waals surface area (Å²) in [7, 11) is 0. The average Bonchev–Trinajstić information content (AvgIpc) is 3.26. The minimum Gasteiger partial charge on any atom is -0.493 e. The summed E-state index contributed by atoms with van der Waals surface area (Å²) in [5.74, 6) is 2.49. The van der Waals surface area contributed by atoms with Crippen molar-refractivity contribution >= 4 is 22.7 Å². The Morgan fingerprint density at radius 2 is 1.74 bits per heavy atom. The Morgan fingerprint density at radius 1 is 0.947 bits per heavy atom. The molecule has 0 amide bonds. The molecule has 1 fully saturated rings. The summed E-state index contributed by atoms with van der Waals surface area (Å²) in [6.45, 7) is 17.8. The lowest BCUT2D eigenvalue weighted by molar-refractivity contribution is 0.131. The smallest absolute Gasteiger partial charge is 0.227 e. The highest BCUT2D eigenvalue weighted by atomic mass is 16.5. The third-order valence-corrected chi connectivity index (χ3v) is 7.26. The highest BCUT2D eigenvalue weighted by molar-refractivity contribution is 5.82. The Bertz CT molecular complexity index is 1390. The Hall–Kier alpha value is -3.49. The highest BCUT2D eigenvalue weighted by Gasteiger charge is 2.18. The van der Waals surface area contributed by atoms with Gasteiger partial charge in [0.25, 0.3) is 0 Å². The highest BCUT2D eigenvalue weighted by Crippen LogP contribution is 2.29. The third kappa shape index (κ3) is 5.66. The first-order valence-electron chi connectivity index (χ1n) is 13.7. The SMILES string of the molecule is CCOc1cc(Nc2nccc(-c3ccc4nc(C)n(C(C)C)c4c3)n2)ccc1CN1CCN(CC)CC1. The van der Waals surface area contributed by atoms with Crippen LogP contribution in [0, 0.1) is 6.92 Å². The second-order valence-electron chi connectivity index (χ2n) is 10.2. The van der Waals surface area contributed by atoms with Gasteiger partial charge in [-0.25, -0.2) is 15.0 Å². The van der Waals surface area contributed by atoms with Crippen LogP contribution in [0.25, 0.3) is 22.3 Å². The van der Waals surface area contributed by atoms with Crippen LogP contribution in [0.5, 0.6) is 5.75 Å². The van der Waals surface area contributed by atoms with E-state index in [0.717, 1.165) is 78.8 Å². The van der Waals surface area contributed by atoms with Crippen molar-refractivity contribution in [2.24, 2.45) is 0 Å². The van der Waals surface area contributed by atoms with Crippen LogP contribution in [-0.4, -0.2) is 68.6 Å². The van der Waals surface area contributed by atoms with Gasteiger partial charge in [-0.1, -0.05) is 19.1 Å². The van der Waals surface area contributed by atoms with Crippen molar-refractivity contribution < 1.29 is 4.74 Å². The molecule has 0 atom stereocenters. The monoisotopic (exact) mass is 513 g/mol. The van der Waals surface area contributed by atoms with Crippen LogP contribution in [-0.2, 0) is 6.54 Å². The van der Waals surface area contributed by atoms with Gasteiger partial charge in [0, 0.05) is 67.8 Å². The average molecular weight is 514 g/mol. The summed E-state index contributed by atoms with van der Waals surface area (Å²) in [4.78, 5) is 19.0. The number of piperazine rings is 1. The van der Waals surface area contributed by atoms with Gasteiger partial charge < -0.3 is 19.5 Å². The number of rotatable bonds is 9. The van der Waals surface area contributed by atoms with E-state index >= 15 is 0 Å². The first-order valence-corrected chi connectivity index (χ1v) is 13.7. The van der Waals surface area contributed by atoms with Gasteiger partial charge in [0.1, 0.15) is 11.6 Å². The number of fused-ring (bicyclic) bond motifs is 1. The lowest BCUT2D eigenvalue weighted by Gasteiger charge is -2.34. The molecule has 1 aliphatic rings. The number of nitrogens with one attached hydrogen (secondary N) is 1. The van der Waals surface area contributed by atoms with E-state index in [-0.39, 0.29) is 0 Å². The largest absolute Gasteiger partial charge is 0.493 e. The van der Waals surface area contributed by atoms with Gasteiger partial charge in [-0.05, 0) is 58.5 Å². The zero-order valence-corrected chi connectivity index (χ0v) is 23.2. The molecule has 3 heterocycles.